The summed E-state index contributed by atoms with van der Waals surface area (Å²) in [7, 11) is 1.51. The molecule has 2 aromatic rings. The van der Waals surface area contributed by atoms with Crippen LogP contribution >= 0.6 is 0 Å². The van der Waals surface area contributed by atoms with Gasteiger partial charge in [-0.1, -0.05) is 19.1 Å². The van der Waals surface area contributed by atoms with E-state index in [1.165, 1.54) is 13.2 Å². The van der Waals surface area contributed by atoms with Gasteiger partial charge in [-0.25, -0.2) is 4.39 Å². The first-order chi connectivity index (χ1) is 9.15. The lowest BCUT2D eigenvalue weighted by atomic mass is 9.91. The maximum absolute atomic E-state index is 14.0. The summed E-state index contributed by atoms with van der Waals surface area (Å²) in [6, 6.07) is 9.82. The van der Waals surface area contributed by atoms with E-state index < -0.39 is 6.04 Å². The van der Waals surface area contributed by atoms with Gasteiger partial charge in [-0.15, -0.1) is 0 Å². The van der Waals surface area contributed by atoms with E-state index in [-0.39, 0.29) is 11.7 Å². The van der Waals surface area contributed by atoms with E-state index in [0.29, 0.717) is 11.3 Å². The Kier molecular flexibility index (Phi) is 4.12. The number of rotatable bonds is 4. The predicted molar refractivity (Wildman–Crippen MR) is 72.5 cm³/mol. The first-order valence-corrected chi connectivity index (χ1v) is 6.14. The molecular weight excluding hydrogens is 243 g/mol. The number of nitrogens with two attached hydrogens (primary N) is 1. The summed E-state index contributed by atoms with van der Waals surface area (Å²) in [5.41, 5.74) is 7.41. The second-order valence-corrected chi connectivity index (χ2v) is 4.42. The largest absolute Gasteiger partial charge is 0.496 e. The highest BCUT2D eigenvalue weighted by molar-refractivity contribution is 5.38. The fourth-order valence-corrected chi connectivity index (χ4v) is 2.10. The highest BCUT2D eigenvalue weighted by atomic mass is 19.1. The molecule has 0 saturated heterocycles. The summed E-state index contributed by atoms with van der Waals surface area (Å²) in [5, 5.41) is 0. The van der Waals surface area contributed by atoms with Crippen LogP contribution in [0.1, 0.15) is 30.1 Å². The second-order valence-electron chi connectivity index (χ2n) is 4.42. The third-order valence-corrected chi connectivity index (χ3v) is 3.26. The molecule has 1 aromatic heterocycles. The van der Waals surface area contributed by atoms with Gasteiger partial charge in [0, 0.05) is 29.4 Å². The average Bonchev–Trinajstić information content (AvgIpc) is 2.46. The van der Waals surface area contributed by atoms with Crippen molar-refractivity contribution in [2.24, 2.45) is 5.73 Å². The molecule has 1 aromatic carbocycles. The van der Waals surface area contributed by atoms with Crippen molar-refractivity contribution in [3.63, 3.8) is 0 Å². The Morgan fingerprint density at radius 3 is 2.63 bits per heavy atom. The lowest BCUT2D eigenvalue weighted by Crippen LogP contribution is -2.20. The molecule has 0 aliphatic carbocycles. The monoisotopic (exact) mass is 260 g/mol. The van der Waals surface area contributed by atoms with E-state index in [1.807, 2.05) is 25.1 Å². The lowest BCUT2D eigenvalue weighted by molar-refractivity contribution is 0.394. The number of nitrogens with zero attached hydrogens (tertiary/aromatic N) is 1. The van der Waals surface area contributed by atoms with Gasteiger partial charge < -0.3 is 10.5 Å². The zero-order valence-electron chi connectivity index (χ0n) is 11.0. The molecule has 0 radical (unpaired) electrons. The Bertz CT molecular complexity index is 545. The Morgan fingerprint density at radius 1 is 1.21 bits per heavy atom. The van der Waals surface area contributed by atoms with Crippen molar-refractivity contribution in [2.45, 2.75) is 18.9 Å². The molecule has 19 heavy (non-hydrogen) atoms. The minimum atomic E-state index is -0.508. The quantitative estimate of drug-likeness (QED) is 0.919. The summed E-state index contributed by atoms with van der Waals surface area (Å²) in [6.07, 6.45) is 1.71. The molecule has 0 aliphatic rings. The van der Waals surface area contributed by atoms with Crippen molar-refractivity contribution >= 4 is 0 Å². The molecule has 0 amide bonds. The third-order valence-electron chi connectivity index (χ3n) is 3.26. The fraction of sp³-hybridized carbons (Fsp3) is 0.267. The number of ether oxygens (including phenoxy) is 1. The minimum Gasteiger partial charge on any atom is -0.496 e. The van der Waals surface area contributed by atoms with Gasteiger partial charge in [0.15, 0.2) is 0 Å². The molecule has 1 heterocycles. The smallest absolute Gasteiger partial charge is 0.131 e. The average molecular weight is 260 g/mol. The van der Waals surface area contributed by atoms with E-state index in [1.54, 1.807) is 18.3 Å². The highest BCUT2D eigenvalue weighted by Gasteiger charge is 2.24. The number of benzene rings is 1. The van der Waals surface area contributed by atoms with E-state index in [0.717, 1.165) is 5.69 Å². The van der Waals surface area contributed by atoms with Gasteiger partial charge in [0.2, 0.25) is 0 Å². The molecule has 2 atom stereocenters. The van der Waals surface area contributed by atoms with Gasteiger partial charge in [0.05, 0.1) is 7.11 Å². The van der Waals surface area contributed by atoms with Crippen molar-refractivity contribution in [1.29, 1.82) is 0 Å². The lowest BCUT2D eigenvalue weighted by Gasteiger charge is -2.22. The van der Waals surface area contributed by atoms with Gasteiger partial charge in [0.1, 0.15) is 11.6 Å². The molecule has 0 saturated carbocycles. The Balaban J connectivity index is 2.37. The van der Waals surface area contributed by atoms with Crippen LogP contribution in [0.3, 0.4) is 0 Å². The van der Waals surface area contributed by atoms with Crippen molar-refractivity contribution in [1.82, 2.24) is 4.98 Å². The predicted octanol–water partition coefficient (Wildman–Crippen LogP) is 3.03. The standard InChI is InChI=1S/C15H17FN2O/c1-10(12-7-3-4-9-18-12)15(17)14-11(16)6-5-8-13(14)19-2/h3-10,15H,17H2,1-2H3. The van der Waals surface area contributed by atoms with Gasteiger partial charge in [-0.2, -0.15) is 0 Å². The zero-order chi connectivity index (χ0) is 13.8. The highest BCUT2D eigenvalue weighted by Crippen LogP contribution is 2.34. The van der Waals surface area contributed by atoms with Gasteiger partial charge >= 0.3 is 0 Å². The van der Waals surface area contributed by atoms with Crippen LogP contribution in [-0.4, -0.2) is 12.1 Å². The van der Waals surface area contributed by atoms with Crippen LogP contribution in [0.2, 0.25) is 0 Å². The molecule has 0 fully saturated rings. The van der Waals surface area contributed by atoms with Crippen molar-refractivity contribution in [3.05, 3.63) is 59.7 Å². The number of halogens is 1. The molecular formula is C15H17FN2O. The number of pyridine rings is 1. The molecule has 0 spiro atoms. The third kappa shape index (κ3) is 2.74. The van der Waals surface area contributed by atoms with E-state index in [9.17, 15) is 4.39 Å². The van der Waals surface area contributed by atoms with Crippen LogP contribution in [0.25, 0.3) is 0 Å². The number of hydrogen-bond donors (Lipinski definition) is 1. The SMILES string of the molecule is COc1cccc(F)c1C(N)C(C)c1ccccn1. The Labute approximate surface area is 112 Å². The summed E-state index contributed by atoms with van der Waals surface area (Å²) < 4.78 is 19.2. The molecule has 0 bridgehead atoms. The maximum Gasteiger partial charge on any atom is 0.131 e. The van der Waals surface area contributed by atoms with Gasteiger partial charge in [-0.3, -0.25) is 4.98 Å². The van der Waals surface area contributed by atoms with Crippen LogP contribution in [0, 0.1) is 5.82 Å². The summed E-state index contributed by atoms with van der Waals surface area (Å²) in [4.78, 5) is 4.27. The summed E-state index contributed by atoms with van der Waals surface area (Å²) >= 11 is 0. The Hall–Kier alpha value is -1.94. The van der Waals surface area contributed by atoms with Crippen LogP contribution in [0.15, 0.2) is 42.6 Å². The molecule has 2 rings (SSSR count). The second kappa shape index (κ2) is 5.80. The van der Waals surface area contributed by atoms with E-state index in [2.05, 4.69) is 4.98 Å². The zero-order valence-corrected chi connectivity index (χ0v) is 11.0. The maximum atomic E-state index is 14.0. The Morgan fingerprint density at radius 2 is 2.00 bits per heavy atom. The van der Waals surface area contributed by atoms with Crippen LogP contribution in [0.4, 0.5) is 4.39 Å². The van der Waals surface area contributed by atoms with Crippen LogP contribution < -0.4 is 10.5 Å². The molecule has 0 aliphatic heterocycles. The van der Waals surface area contributed by atoms with Crippen molar-refractivity contribution in [3.8, 4) is 5.75 Å². The van der Waals surface area contributed by atoms with Gasteiger partial charge in [0.25, 0.3) is 0 Å². The van der Waals surface area contributed by atoms with E-state index in [4.69, 9.17) is 10.5 Å². The topological polar surface area (TPSA) is 48.1 Å². The molecule has 3 nitrogen and oxygen atoms in total. The molecule has 4 heteroatoms. The van der Waals surface area contributed by atoms with Crippen LogP contribution in [0.5, 0.6) is 5.75 Å². The first-order valence-electron chi connectivity index (χ1n) is 6.14. The van der Waals surface area contributed by atoms with Crippen molar-refractivity contribution in [2.75, 3.05) is 7.11 Å². The number of hydrogen-bond acceptors (Lipinski definition) is 3. The van der Waals surface area contributed by atoms with E-state index >= 15 is 0 Å². The number of aromatic nitrogens is 1. The molecule has 100 valence electrons. The minimum absolute atomic E-state index is 0.105. The van der Waals surface area contributed by atoms with Gasteiger partial charge in [-0.05, 0) is 24.3 Å². The van der Waals surface area contributed by atoms with Crippen molar-refractivity contribution < 1.29 is 9.13 Å². The number of methoxy groups -OCH3 is 1. The summed E-state index contributed by atoms with van der Waals surface area (Å²) in [6.45, 7) is 1.93. The first kappa shape index (κ1) is 13.5. The normalized spacial score (nSPS) is 13.9. The molecule has 2 unspecified atom stereocenters. The summed E-state index contributed by atoms with van der Waals surface area (Å²) in [5.74, 6) is 0.0110. The fourth-order valence-electron chi connectivity index (χ4n) is 2.10. The van der Waals surface area contributed by atoms with Crippen LogP contribution in [-0.2, 0) is 0 Å². The molecule has 2 N–H and O–H groups in total.